The fraction of sp³-hybridized carbons (Fsp3) is 0.769. The molecule has 0 unspecified atom stereocenters. The summed E-state index contributed by atoms with van der Waals surface area (Å²) in [5, 5.41) is 4.04. The molecule has 0 atom stereocenters. The summed E-state index contributed by atoms with van der Waals surface area (Å²) in [5.74, 6) is 0.484. The maximum Gasteiger partial charge on any atom is 0.225 e. The topological polar surface area (TPSA) is 49.3 Å². The van der Waals surface area contributed by atoms with Gasteiger partial charge in [0.25, 0.3) is 0 Å². The standard InChI is InChI=1S/C13H21ClN4OS/c1-3-18(4-2)13(19)10-5-7-17(8-6-10)9-11-12(14)20-16-15-11/h10H,3-9H2,1-2H3. The molecule has 1 amide bonds. The second-order valence-electron chi connectivity index (χ2n) is 5.05. The highest BCUT2D eigenvalue weighted by atomic mass is 35.5. The minimum atomic E-state index is 0.176. The van der Waals surface area contributed by atoms with Gasteiger partial charge in [0.05, 0.1) is 0 Å². The molecule has 2 heterocycles. The highest BCUT2D eigenvalue weighted by molar-refractivity contribution is 7.10. The molecule has 0 bridgehead atoms. The Morgan fingerprint density at radius 3 is 2.55 bits per heavy atom. The Bertz CT molecular complexity index is 441. The molecule has 2 rings (SSSR count). The van der Waals surface area contributed by atoms with E-state index in [0.29, 0.717) is 10.2 Å². The van der Waals surface area contributed by atoms with E-state index < -0.39 is 0 Å². The normalized spacial score (nSPS) is 17.4. The predicted octanol–water partition coefficient (Wildman–Crippen LogP) is 2.27. The molecule has 0 aliphatic carbocycles. The Morgan fingerprint density at radius 2 is 2.05 bits per heavy atom. The molecule has 0 saturated carbocycles. The molecule has 5 nitrogen and oxygen atoms in total. The maximum atomic E-state index is 12.3. The van der Waals surface area contributed by atoms with Crippen molar-refractivity contribution in [2.24, 2.45) is 5.92 Å². The van der Waals surface area contributed by atoms with Crippen molar-refractivity contribution in [2.45, 2.75) is 33.2 Å². The summed E-state index contributed by atoms with van der Waals surface area (Å²) >= 11 is 7.25. The van der Waals surface area contributed by atoms with Gasteiger partial charge in [-0.05, 0) is 39.8 Å². The van der Waals surface area contributed by atoms with Crippen molar-refractivity contribution < 1.29 is 4.79 Å². The molecule has 0 aromatic carbocycles. The van der Waals surface area contributed by atoms with E-state index in [9.17, 15) is 4.79 Å². The van der Waals surface area contributed by atoms with E-state index in [4.69, 9.17) is 11.6 Å². The molecule has 1 aliphatic rings. The zero-order valence-corrected chi connectivity index (χ0v) is 13.6. The first-order chi connectivity index (χ1) is 9.65. The highest BCUT2D eigenvalue weighted by Gasteiger charge is 2.27. The van der Waals surface area contributed by atoms with E-state index in [1.165, 1.54) is 11.5 Å². The van der Waals surface area contributed by atoms with Crippen LogP contribution in [0.25, 0.3) is 0 Å². The maximum absolute atomic E-state index is 12.3. The van der Waals surface area contributed by atoms with Gasteiger partial charge in [0.1, 0.15) is 10.0 Å². The summed E-state index contributed by atoms with van der Waals surface area (Å²) in [5.41, 5.74) is 0.852. The third-order valence-electron chi connectivity index (χ3n) is 3.89. The average molecular weight is 317 g/mol. The van der Waals surface area contributed by atoms with Gasteiger partial charge < -0.3 is 4.90 Å². The average Bonchev–Trinajstić information content (AvgIpc) is 2.86. The van der Waals surface area contributed by atoms with Gasteiger partial charge in [0, 0.05) is 37.1 Å². The lowest BCUT2D eigenvalue weighted by atomic mass is 9.95. The fourth-order valence-electron chi connectivity index (χ4n) is 2.63. The van der Waals surface area contributed by atoms with Crippen molar-refractivity contribution in [3.05, 3.63) is 10.0 Å². The van der Waals surface area contributed by atoms with Crippen LogP contribution in [0.2, 0.25) is 4.34 Å². The Hall–Kier alpha value is -0.720. The van der Waals surface area contributed by atoms with Gasteiger partial charge in [-0.2, -0.15) is 0 Å². The molecule has 1 aliphatic heterocycles. The number of likely N-dealkylation sites (tertiary alicyclic amines) is 1. The van der Waals surface area contributed by atoms with Crippen LogP contribution in [0.15, 0.2) is 0 Å². The fourth-order valence-corrected chi connectivity index (χ4v) is 3.25. The lowest BCUT2D eigenvalue weighted by Crippen LogP contribution is -2.42. The Morgan fingerprint density at radius 1 is 1.40 bits per heavy atom. The van der Waals surface area contributed by atoms with Gasteiger partial charge in [0.15, 0.2) is 0 Å². The number of piperidine rings is 1. The van der Waals surface area contributed by atoms with E-state index >= 15 is 0 Å². The van der Waals surface area contributed by atoms with E-state index in [2.05, 4.69) is 14.5 Å². The van der Waals surface area contributed by atoms with Crippen LogP contribution in [0.1, 0.15) is 32.4 Å². The van der Waals surface area contributed by atoms with Gasteiger partial charge in [-0.25, -0.2) is 0 Å². The molecule has 1 saturated heterocycles. The zero-order valence-electron chi connectivity index (χ0n) is 12.0. The quantitative estimate of drug-likeness (QED) is 0.836. The van der Waals surface area contributed by atoms with Crippen molar-refractivity contribution in [1.29, 1.82) is 0 Å². The van der Waals surface area contributed by atoms with Crippen LogP contribution < -0.4 is 0 Å². The first-order valence-electron chi connectivity index (χ1n) is 7.13. The predicted molar refractivity (Wildman–Crippen MR) is 80.8 cm³/mol. The summed E-state index contributed by atoms with van der Waals surface area (Å²) in [6.07, 6.45) is 1.84. The first kappa shape index (κ1) is 15.7. The first-order valence-corrected chi connectivity index (χ1v) is 8.28. The smallest absolute Gasteiger partial charge is 0.225 e. The number of hydrogen-bond donors (Lipinski definition) is 0. The van der Waals surface area contributed by atoms with Gasteiger partial charge >= 0.3 is 0 Å². The largest absolute Gasteiger partial charge is 0.343 e. The molecular weight excluding hydrogens is 296 g/mol. The number of aromatic nitrogens is 2. The van der Waals surface area contributed by atoms with Crippen LogP contribution in [0.3, 0.4) is 0 Å². The van der Waals surface area contributed by atoms with Crippen LogP contribution in [0.5, 0.6) is 0 Å². The Balaban J connectivity index is 1.83. The summed E-state index contributed by atoms with van der Waals surface area (Å²) in [4.78, 5) is 16.5. The lowest BCUT2D eigenvalue weighted by Gasteiger charge is -2.33. The SMILES string of the molecule is CCN(CC)C(=O)C1CCN(Cc2nnsc2Cl)CC1. The monoisotopic (exact) mass is 316 g/mol. The molecule has 0 N–H and O–H groups in total. The van der Waals surface area contributed by atoms with Crippen molar-refractivity contribution in [2.75, 3.05) is 26.2 Å². The van der Waals surface area contributed by atoms with E-state index in [0.717, 1.165) is 51.3 Å². The van der Waals surface area contributed by atoms with Gasteiger partial charge in [0.2, 0.25) is 5.91 Å². The number of halogens is 1. The molecule has 20 heavy (non-hydrogen) atoms. The van der Waals surface area contributed by atoms with Crippen molar-refractivity contribution >= 4 is 29.0 Å². The third-order valence-corrected chi connectivity index (χ3v) is 4.88. The van der Waals surface area contributed by atoms with Crippen LogP contribution in [0.4, 0.5) is 0 Å². The number of nitrogens with zero attached hydrogens (tertiary/aromatic N) is 4. The minimum Gasteiger partial charge on any atom is -0.343 e. The van der Waals surface area contributed by atoms with Crippen molar-refractivity contribution in [3.8, 4) is 0 Å². The van der Waals surface area contributed by atoms with Crippen LogP contribution in [-0.4, -0.2) is 51.5 Å². The summed E-state index contributed by atoms with van der Waals surface area (Å²) in [6, 6.07) is 0. The third kappa shape index (κ3) is 3.68. The van der Waals surface area contributed by atoms with E-state index in [1.54, 1.807) is 0 Å². The van der Waals surface area contributed by atoms with Crippen molar-refractivity contribution in [1.82, 2.24) is 19.4 Å². The second-order valence-corrected chi connectivity index (χ2v) is 6.41. The molecule has 1 fully saturated rings. The summed E-state index contributed by atoms with van der Waals surface area (Å²) < 4.78 is 4.52. The Labute approximate surface area is 129 Å². The molecule has 1 aromatic heterocycles. The molecule has 0 spiro atoms. The Kier molecular flexibility index (Phi) is 5.74. The minimum absolute atomic E-state index is 0.176. The van der Waals surface area contributed by atoms with Crippen LogP contribution in [-0.2, 0) is 11.3 Å². The number of carbonyl (C=O) groups excluding carboxylic acids is 1. The van der Waals surface area contributed by atoms with Crippen LogP contribution >= 0.6 is 23.1 Å². The zero-order chi connectivity index (χ0) is 14.5. The molecule has 0 radical (unpaired) electrons. The van der Waals surface area contributed by atoms with Gasteiger partial charge in [-0.1, -0.05) is 16.1 Å². The summed E-state index contributed by atoms with van der Waals surface area (Å²) in [6.45, 7) is 8.26. The highest BCUT2D eigenvalue weighted by Crippen LogP contribution is 2.24. The van der Waals surface area contributed by atoms with E-state index in [1.807, 2.05) is 18.7 Å². The van der Waals surface area contributed by atoms with Crippen LogP contribution in [0, 0.1) is 5.92 Å². The molecule has 112 valence electrons. The van der Waals surface area contributed by atoms with Gasteiger partial charge in [-0.3, -0.25) is 9.69 Å². The molecule has 7 heteroatoms. The molecule has 1 aromatic rings. The number of amides is 1. The molecular formula is C13H21ClN4OS. The van der Waals surface area contributed by atoms with E-state index in [-0.39, 0.29) is 5.92 Å². The van der Waals surface area contributed by atoms with Gasteiger partial charge in [-0.15, -0.1) is 5.10 Å². The second kappa shape index (κ2) is 7.33. The van der Waals surface area contributed by atoms with Crippen molar-refractivity contribution in [3.63, 3.8) is 0 Å². The summed E-state index contributed by atoms with van der Waals surface area (Å²) in [7, 11) is 0. The lowest BCUT2D eigenvalue weighted by molar-refractivity contribution is -0.136. The number of carbonyl (C=O) groups is 1. The number of rotatable bonds is 5. The number of hydrogen-bond acceptors (Lipinski definition) is 5.